The lowest BCUT2D eigenvalue weighted by Gasteiger charge is -2.04. The van der Waals surface area contributed by atoms with E-state index >= 15 is 0 Å². The Balaban J connectivity index is 1.86. The number of benzene rings is 1. The SMILES string of the molecule is Fc1cc(-c2nnc(C(F)F)o2)ccc1Cn1ccnn1. The number of rotatable bonds is 4. The number of halogens is 3. The molecule has 108 valence electrons. The van der Waals surface area contributed by atoms with Crippen LogP contribution in [0.1, 0.15) is 17.9 Å². The van der Waals surface area contributed by atoms with Gasteiger partial charge in [-0.15, -0.1) is 15.3 Å². The van der Waals surface area contributed by atoms with Gasteiger partial charge in [-0.25, -0.2) is 9.07 Å². The summed E-state index contributed by atoms with van der Waals surface area (Å²) < 4.78 is 44.9. The molecule has 0 spiro atoms. The lowest BCUT2D eigenvalue weighted by Crippen LogP contribution is -2.03. The van der Waals surface area contributed by atoms with Gasteiger partial charge in [0.25, 0.3) is 5.89 Å². The third-order valence-electron chi connectivity index (χ3n) is 2.73. The predicted octanol–water partition coefficient (Wildman–Crippen LogP) is 2.45. The van der Waals surface area contributed by atoms with Gasteiger partial charge in [0.05, 0.1) is 12.7 Å². The molecule has 1 aromatic carbocycles. The number of hydrogen-bond donors (Lipinski definition) is 0. The zero-order chi connectivity index (χ0) is 14.8. The van der Waals surface area contributed by atoms with Crippen LogP contribution in [0.15, 0.2) is 35.0 Å². The van der Waals surface area contributed by atoms with Crippen molar-refractivity contribution >= 4 is 0 Å². The van der Waals surface area contributed by atoms with Crippen LogP contribution in [0.2, 0.25) is 0 Å². The second kappa shape index (κ2) is 5.35. The van der Waals surface area contributed by atoms with Crippen LogP contribution < -0.4 is 0 Å². The molecule has 0 aliphatic heterocycles. The van der Waals surface area contributed by atoms with Crippen molar-refractivity contribution in [2.45, 2.75) is 13.0 Å². The Hall–Kier alpha value is -2.71. The summed E-state index contributed by atoms with van der Waals surface area (Å²) in [5, 5.41) is 14.0. The first-order valence-electron chi connectivity index (χ1n) is 5.88. The molecule has 0 saturated carbocycles. The van der Waals surface area contributed by atoms with E-state index in [0.29, 0.717) is 5.56 Å². The molecule has 0 radical (unpaired) electrons. The van der Waals surface area contributed by atoms with Crippen molar-refractivity contribution in [1.82, 2.24) is 25.2 Å². The van der Waals surface area contributed by atoms with Crippen molar-refractivity contribution in [3.63, 3.8) is 0 Å². The minimum atomic E-state index is -2.86. The van der Waals surface area contributed by atoms with E-state index in [9.17, 15) is 13.2 Å². The van der Waals surface area contributed by atoms with E-state index in [1.54, 1.807) is 6.20 Å². The average Bonchev–Trinajstić information content (AvgIpc) is 3.12. The van der Waals surface area contributed by atoms with Gasteiger partial charge in [0.2, 0.25) is 5.89 Å². The molecule has 2 heterocycles. The normalized spacial score (nSPS) is 11.2. The van der Waals surface area contributed by atoms with Crippen molar-refractivity contribution in [2.24, 2.45) is 0 Å². The molecule has 0 aliphatic rings. The van der Waals surface area contributed by atoms with Crippen LogP contribution >= 0.6 is 0 Å². The van der Waals surface area contributed by atoms with E-state index in [1.165, 1.54) is 23.0 Å². The minimum Gasteiger partial charge on any atom is -0.415 e. The van der Waals surface area contributed by atoms with E-state index in [4.69, 9.17) is 4.42 Å². The molecular weight excluding hydrogens is 287 g/mol. The number of hydrogen-bond acceptors (Lipinski definition) is 5. The van der Waals surface area contributed by atoms with Gasteiger partial charge in [-0.1, -0.05) is 11.3 Å². The summed E-state index contributed by atoms with van der Waals surface area (Å²) in [6, 6.07) is 4.16. The van der Waals surface area contributed by atoms with Crippen LogP contribution in [0.4, 0.5) is 13.2 Å². The molecular formula is C12H8F3N5O. The van der Waals surface area contributed by atoms with Crippen molar-refractivity contribution in [2.75, 3.05) is 0 Å². The minimum absolute atomic E-state index is 0.156. The van der Waals surface area contributed by atoms with Crippen LogP contribution in [0.5, 0.6) is 0 Å². The van der Waals surface area contributed by atoms with Crippen molar-refractivity contribution in [1.29, 1.82) is 0 Å². The Bertz CT molecular complexity index is 741. The molecule has 3 rings (SSSR count). The van der Waals surface area contributed by atoms with E-state index in [2.05, 4.69) is 20.5 Å². The molecule has 0 saturated heterocycles. The van der Waals surface area contributed by atoms with Gasteiger partial charge in [0.15, 0.2) is 0 Å². The van der Waals surface area contributed by atoms with Crippen LogP contribution in [0.25, 0.3) is 11.5 Å². The quantitative estimate of drug-likeness (QED) is 0.739. The van der Waals surface area contributed by atoms with Crippen molar-refractivity contribution < 1.29 is 17.6 Å². The fraction of sp³-hybridized carbons (Fsp3) is 0.167. The number of aromatic nitrogens is 5. The zero-order valence-electron chi connectivity index (χ0n) is 10.4. The first-order chi connectivity index (χ1) is 10.1. The Kier molecular flexibility index (Phi) is 3.38. The molecule has 6 nitrogen and oxygen atoms in total. The highest BCUT2D eigenvalue weighted by molar-refractivity contribution is 5.53. The lowest BCUT2D eigenvalue weighted by atomic mass is 10.1. The Morgan fingerprint density at radius 2 is 2.10 bits per heavy atom. The van der Waals surface area contributed by atoms with Crippen molar-refractivity contribution in [3.8, 4) is 11.5 Å². The molecule has 0 fully saturated rings. The van der Waals surface area contributed by atoms with E-state index in [1.807, 2.05) is 0 Å². The molecule has 2 aromatic heterocycles. The van der Waals surface area contributed by atoms with Crippen LogP contribution in [-0.4, -0.2) is 25.2 Å². The largest absolute Gasteiger partial charge is 0.415 e. The Labute approximate surface area is 116 Å². The maximum atomic E-state index is 14.0. The highest BCUT2D eigenvalue weighted by Crippen LogP contribution is 2.24. The first-order valence-corrected chi connectivity index (χ1v) is 5.88. The van der Waals surface area contributed by atoms with E-state index in [0.717, 1.165) is 6.07 Å². The summed E-state index contributed by atoms with van der Waals surface area (Å²) in [5.74, 6) is -1.48. The lowest BCUT2D eigenvalue weighted by molar-refractivity contribution is 0.116. The molecule has 3 aromatic rings. The van der Waals surface area contributed by atoms with Crippen LogP contribution in [0.3, 0.4) is 0 Å². The average molecular weight is 295 g/mol. The summed E-state index contributed by atoms with van der Waals surface area (Å²) in [6.07, 6.45) is 0.222. The third kappa shape index (κ3) is 2.76. The summed E-state index contributed by atoms with van der Waals surface area (Å²) in [5.41, 5.74) is 0.604. The Morgan fingerprint density at radius 1 is 1.24 bits per heavy atom. The molecule has 9 heteroatoms. The monoisotopic (exact) mass is 295 g/mol. The highest BCUT2D eigenvalue weighted by atomic mass is 19.3. The van der Waals surface area contributed by atoms with Gasteiger partial charge in [0.1, 0.15) is 5.82 Å². The molecule has 21 heavy (non-hydrogen) atoms. The van der Waals surface area contributed by atoms with Crippen LogP contribution in [-0.2, 0) is 6.54 Å². The fourth-order valence-corrected chi connectivity index (χ4v) is 1.74. The maximum absolute atomic E-state index is 14.0. The smallest absolute Gasteiger partial charge is 0.314 e. The van der Waals surface area contributed by atoms with Gasteiger partial charge >= 0.3 is 6.43 Å². The maximum Gasteiger partial charge on any atom is 0.314 e. The first kappa shape index (κ1) is 13.3. The fourth-order valence-electron chi connectivity index (χ4n) is 1.74. The molecule has 0 N–H and O–H groups in total. The van der Waals surface area contributed by atoms with Gasteiger partial charge in [-0.05, 0) is 12.1 Å². The molecule has 0 bridgehead atoms. The topological polar surface area (TPSA) is 69.6 Å². The predicted molar refractivity (Wildman–Crippen MR) is 63.8 cm³/mol. The van der Waals surface area contributed by atoms with Gasteiger partial charge in [0, 0.05) is 17.3 Å². The van der Waals surface area contributed by atoms with Gasteiger partial charge in [-0.3, -0.25) is 0 Å². The molecule has 0 atom stereocenters. The van der Waals surface area contributed by atoms with Crippen LogP contribution in [0, 0.1) is 5.82 Å². The molecule has 0 amide bonds. The van der Waals surface area contributed by atoms with E-state index < -0.39 is 18.1 Å². The molecule has 0 unspecified atom stereocenters. The second-order valence-corrected chi connectivity index (χ2v) is 4.15. The molecule has 0 aliphatic carbocycles. The van der Waals surface area contributed by atoms with Gasteiger partial charge in [-0.2, -0.15) is 8.78 Å². The van der Waals surface area contributed by atoms with Gasteiger partial charge < -0.3 is 4.42 Å². The second-order valence-electron chi connectivity index (χ2n) is 4.15. The standard InChI is InChI=1S/C12H8F3N5O/c13-9-5-7(11-17-18-12(21-11)10(14)15)1-2-8(9)6-20-4-3-16-19-20/h1-5,10H,6H2. The zero-order valence-corrected chi connectivity index (χ0v) is 10.4. The highest BCUT2D eigenvalue weighted by Gasteiger charge is 2.17. The Morgan fingerprint density at radius 3 is 2.71 bits per heavy atom. The third-order valence-corrected chi connectivity index (χ3v) is 2.73. The summed E-state index contributed by atoms with van der Waals surface area (Å²) in [6.45, 7) is 0.207. The number of alkyl halides is 2. The summed E-state index contributed by atoms with van der Waals surface area (Å²) in [7, 11) is 0. The van der Waals surface area contributed by atoms with E-state index in [-0.39, 0.29) is 18.0 Å². The summed E-state index contributed by atoms with van der Waals surface area (Å²) in [4.78, 5) is 0. The number of nitrogens with zero attached hydrogens (tertiary/aromatic N) is 5. The summed E-state index contributed by atoms with van der Waals surface area (Å²) >= 11 is 0. The van der Waals surface area contributed by atoms with Crippen molar-refractivity contribution in [3.05, 3.63) is 47.9 Å².